The Hall–Kier alpha value is -2.09. The lowest BCUT2D eigenvalue weighted by Crippen LogP contribution is -2.41. The van der Waals surface area contributed by atoms with Gasteiger partial charge in [0.1, 0.15) is 11.9 Å². The van der Waals surface area contributed by atoms with E-state index in [9.17, 15) is 9.18 Å². The number of anilines is 1. The van der Waals surface area contributed by atoms with Crippen molar-refractivity contribution in [3.63, 3.8) is 0 Å². The topological polar surface area (TPSA) is 64.9 Å². The molecule has 1 heterocycles. The van der Waals surface area contributed by atoms with Crippen molar-refractivity contribution in [3.8, 4) is 6.07 Å². The minimum Gasteiger partial charge on any atom is -0.380 e. The van der Waals surface area contributed by atoms with Crippen molar-refractivity contribution >= 4 is 11.6 Å². The summed E-state index contributed by atoms with van der Waals surface area (Å²) in [5, 5.41) is 14.5. The van der Waals surface area contributed by atoms with Crippen LogP contribution >= 0.6 is 0 Å². The molecule has 0 bridgehead atoms. The van der Waals surface area contributed by atoms with Crippen LogP contribution in [0.3, 0.4) is 0 Å². The van der Waals surface area contributed by atoms with E-state index in [0.717, 1.165) is 6.42 Å². The molecule has 1 aliphatic rings. The minimum atomic E-state index is -0.530. The van der Waals surface area contributed by atoms with Crippen LogP contribution in [0.2, 0.25) is 0 Å². The first-order valence-corrected chi connectivity index (χ1v) is 5.42. The number of halogens is 1. The van der Waals surface area contributed by atoms with Crippen LogP contribution in [-0.4, -0.2) is 18.5 Å². The van der Waals surface area contributed by atoms with Crippen LogP contribution in [0.15, 0.2) is 18.2 Å². The number of hydrogen-bond donors (Lipinski definition) is 2. The average molecular weight is 233 g/mol. The van der Waals surface area contributed by atoms with Gasteiger partial charge in [-0.1, -0.05) is 0 Å². The van der Waals surface area contributed by atoms with Gasteiger partial charge in [0.25, 0.3) is 0 Å². The third kappa shape index (κ3) is 2.72. The Morgan fingerprint density at radius 3 is 2.94 bits per heavy atom. The number of benzene rings is 1. The standard InChI is InChI=1S/C12H12FN3O/c13-11-5-9(2-1-8(11)6-14)16-10-3-4-12(17)15-7-10/h1-2,5,10,16H,3-4,7H2,(H,15,17). The average Bonchev–Trinajstić information content (AvgIpc) is 2.32. The summed E-state index contributed by atoms with van der Waals surface area (Å²) in [7, 11) is 0. The van der Waals surface area contributed by atoms with E-state index >= 15 is 0 Å². The summed E-state index contributed by atoms with van der Waals surface area (Å²) in [6, 6.07) is 6.29. The Labute approximate surface area is 98.4 Å². The summed E-state index contributed by atoms with van der Waals surface area (Å²) < 4.78 is 13.3. The SMILES string of the molecule is N#Cc1ccc(NC2CCC(=O)NC2)cc1F. The molecule has 0 radical (unpaired) electrons. The lowest BCUT2D eigenvalue weighted by atomic mass is 10.1. The highest BCUT2D eigenvalue weighted by Gasteiger charge is 2.17. The summed E-state index contributed by atoms with van der Waals surface area (Å²) in [6.07, 6.45) is 1.21. The van der Waals surface area contributed by atoms with Crippen molar-refractivity contribution in [2.75, 3.05) is 11.9 Å². The first kappa shape index (κ1) is 11.4. The van der Waals surface area contributed by atoms with Crippen molar-refractivity contribution in [3.05, 3.63) is 29.6 Å². The molecular weight excluding hydrogens is 221 g/mol. The van der Waals surface area contributed by atoms with Crippen LogP contribution in [0.4, 0.5) is 10.1 Å². The molecule has 1 amide bonds. The van der Waals surface area contributed by atoms with E-state index in [-0.39, 0.29) is 17.5 Å². The molecule has 1 aliphatic heterocycles. The van der Waals surface area contributed by atoms with Gasteiger partial charge in [-0.2, -0.15) is 5.26 Å². The number of rotatable bonds is 2. The van der Waals surface area contributed by atoms with E-state index in [4.69, 9.17) is 5.26 Å². The fourth-order valence-electron chi connectivity index (χ4n) is 1.79. The smallest absolute Gasteiger partial charge is 0.220 e. The molecular formula is C12H12FN3O. The van der Waals surface area contributed by atoms with E-state index in [1.54, 1.807) is 12.1 Å². The fraction of sp³-hybridized carbons (Fsp3) is 0.333. The Kier molecular flexibility index (Phi) is 3.24. The third-order valence-corrected chi connectivity index (χ3v) is 2.73. The fourth-order valence-corrected chi connectivity index (χ4v) is 1.79. The number of nitriles is 1. The Balaban J connectivity index is 2.02. The van der Waals surface area contributed by atoms with Gasteiger partial charge in [0.15, 0.2) is 0 Å². The molecule has 1 atom stereocenters. The van der Waals surface area contributed by atoms with Crippen molar-refractivity contribution in [1.82, 2.24) is 5.32 Å². The second-order valence-electron chi connectivity index (χ2n) is 3.99. The summed E-state index contributed by atoms with van der Waals surface area (Å²) >= 11 is 0. The van der Waals surface area contributed by atoms with E-state index in [2.05, 4.69) is 10.6 Å². The minimum absolute atomic E-state index is 0.0347. The van der Waals surface area contributed by atoms with Crippen LogP contribution in [-0.2, 0) is 4.79 Å². The van der Waals surface area contributed by atoms with E-state index in [0.29, 0.717) is 18.7 Å². The number of nitrogens with one attached hydrogen (secondary N) is 2. The van der Waals surface area contributed by atoms with Crippen LogP contribution in [0.25, 0.3) is 0 Å². The van der Waals surface area contributed by atoms with Gasteiger partial charge in [0.05, 0.1) is 5.56 Å². The maximum absolute atomic E-state index is 13.3. The molecule has 2 rings (SSSR count). The molecule has 88 valence electrons. The van der Waals surface area contributed by atoms with Gasteiger partial charge in [-0.3, -0.25) is 4.79 Å². The molecule has 5 heteroatoms. The van der Waals surface area contributed by atoms with Crippen LogP contribution in [0.1, 0.15) is 18.4 Å². The van der Waals surface area contributed by atoms with E-state index in [1.807, 2.05) is 0 Å². The molecule has 0 aliphatic carbocycles. The van der Waals surface area contributed by atoms with Crippen LogP contribution in [0.5, 0.6) is 0 Å². The maximum Gasteiger partial charge on any atom is 0.220 e. The maximum atomic E-state index is 13.3. The first-order valence-electron chi connectivity index (χ1n) is 5.42. The first-order chi connectivity index (χ1) is 8.19. The molecule has 1 aromatic rings. The normalized spacial score (nSPS) is 19.3. The highest BCUT2D eigenvalue weighted by molar-refractivity contribution is 5.77. The molecule has 17 heavy (non-hydrogen) atoms. The molecule has 2 N–H and O–H groups in total. The van der Waals surface area contributed by atoms with E-state index < -0.39 is 5.82 Å². The zero-order valence-corrected chi connectivity index (χ0v) is 9.16. The molecule has 1 unspecified atom stereocenters. The van der Waals surface area contributed by atoms with Gasteiger partial charge in [-0.05, 0) is 24.6 Å². The number of hydrogen-bond acceptors (Lipinski definition) is 3. The van der Waals surface area contributed by atoms with Gasteiger partial charge < -0.3 is 10.6 Å². The predicted octanol–water partition coefficient (Wildman–Crippen LogP) is 1.39. The quantitative estimate of drug-likeness (QED) is 0.811. The number of amides is 1. The predicted molar refractivity (Wildman–Crippen MR) is 60.8 cm³/mol. The summed E-state index contributed by atoms with van der Waals surface area (Å²) in [5.74, 6) is -0.480. The van der Waals surface area contributed by atoms with Crippen molar-refractivity contribution in [2.45, 2.75) is 18.9 Å². The van der Waals surface area contributed by atoms with Crippen LogP contribution in [0, 0.1) is 17.1 Å². The monoisotopic (exact) mass is 233 g/mol. The number of nitrogens with zero attached hydrogens (tertiary/aromatic N) is 1. The zero-order chi connectivity index (χ0) is 12.3. The Morgan fingerprint density at radius 1 is 1.53 bits per heavy atom. The summed E-state index contributed by atoms with van der Waals surface area (Å²) in [6.45, 7) is 0.542. The highest BCUT2D eigenvalue weighted by Crippen LogP contribution is 2.16. The number of carbonyl (C=O) groups excluding carboxylic acids is 1. The highest BCUT2D eigenvalue weighted by atomic mass is 19.1. The number of carbonyl (C=O) groups is 1. The van der Waals surface area contributed by atoms with E-state index in [1.165, 1.54) is 12.1 Å². The Morgan fingerprint density at radius 2 is 2.35 bits per heavy atom. The van der Waals surface area contributed by atoms with Crippen molar-refractivity contribution < 1.29 is 9.18 Å². The second kappa shape index (κ2) is 4.83. The van der Waals surface area contributed by atoms with Gasteiger partial charge in [-0.15, -0.1) is 0 Å². The van der Waals surface area contributed by atoms with Gasteiger partial charge in [0.2, 0.25) is 5.91 Å². The number of piperidine rings is 1. The molecule has 4 nitrogen and oxygen atoms in total. The van der Waals surface area contributed by atoms with Gasteiger partial charge in [0, 0.05) is 24.7 Å². The largest absolute Gasteiger partial charge is 0.380 e. The lowest BCUT2D eigenvalue weighted by Gasteiger charge is -2.24. The molecule has 1 saturated heterocycles. The summed E-state index contributed by atoms with van der Waals surface area (Å²) in [4.78, 5) is 11.0. The molecule has 0 spiro atoms. The van der Waals surface area contributed by atoms with Gasteiger partial charge in [-0.25, -0.2) is 4.39 Å². The molecule has 0 aromatic heterocycles. The molecule has 1 fully saturated rings. The van der Waals surface area contributed by atoms with Crippen molar-refractivity contribution in [1.29, 1.82) is 5.26 Å². The lowest BCUT2D eigenvalue weighted by molar-refractivity contribution is -0.122. The zero-order valence-electron chi connectivity index (χ0n) is 9.16. The van der Waals surface area contributed by atoms with Gasteiger partial charge >= 0.3 is 0 Å². The molecule has 0 saturated carbocycles. The third-order valence-electron chi connectivity index (χ3n) is 2.73. The Bertz CT molecular complexity index is 471. The van der Waals surface area contributed by atoms with Crippen molar-refractivity contribution in [2.24, 2.45) is 0 Å². The molecule has 1 aromatic carbocycles. The summed E-state index contributed by atoms with van der Waals surface area (Å²) in [5.41, 5.74) is 0.662. The van der Waals surface area contributed by atoms with Crippen LogP contribution < -0.4 is 10.6 Å². The second-order valence-corrected chi connectivity index (χ2v) is 3.99.